The molecule has 0 saturated heterocycles. The monoisotopic (exact) mass is 389 g/mol. The molecule has 0 fully saturated rings. The van der Waals surface area contributed by atoms with Gasteiger partial charge in [0.2, 0.25) is 0 Å². The summed E-state index contributed by atoms with van der Waals surface area (Å²) in [6.07, 6.45) is -1.30. The molecule has 7 heteroatoms. The number of carbonyl (C=O) groups excluding carboxylic acids is 2. The number of carbonyl (C=O) groups is 2. The zero-order chi connectivity index (χ0) is 21.4. The van der Waals surface area contributed by atoms with Crippen LogP contribution in [-0.2, 0) is 4.79 Å². The van der Waals surface area contributed by atoms with Crippen LogP contribution >= 0.6 is 0 Å². The topological polar surface area (TPSA) is 122 Å². The highest BCUT2D eigenvalue weighted by Gasteiger charge is 2.41. The maximum absolute atomic E-state index is 12.4. The molecule has 0 aromatic heterocycles. The first kappa shape index (κ1) is 21.4. The predicted molar refractivity (Wildman–Crippen MR) is 109 cm³/mol. The molecule has 2 amide bonds. The van der Waals surface area contributed by atoms with Crippen LogP contribution in [0.5, 0.6) is 0 Å². The minimum Gasteiger partial charge on any atom is -0.399 e. The highest BCUT2D eigenvalue weighted by atomic mass is 16.3. The van der Waals surface area contributed by atoms with Crippen LogP contribution in [0.15, 0.2) is 53.7 Å². The van der Waals surface area contributed by atoms with Crippen LogP contribution in [0.3, 0.4) is 0 Å². The van der Waals surface area contributed by atoms with Crippen molar-refractivity contribution in [3.05, 3.63) is 70.1 Å². The van der Waals surface area contributed by atoms with Gasteiger partial charge < -0.3 is 16.2 Å². The molecule has 0 radical (unpaired) electrons. The van der Waals surface area contributed by atoms with Crippen molar-refractivity contribution in [3.63, 3.8) is 0 Å². The summed E-state index contributed by atoms with van der Waals surface area (Å²) >= 11 is 0. The van der Waals surface area contributed by atoms with Gasteiger partial charge in [-0.2, -0.15) is 0 Å². The van der Waals surface area contributed by atoms with Crippen molar-refractivity contribution in [2.45, 2.75) is 25.5 Å². The summed E-state index contributed by atoms with van der Waals surface area (Å²) in [5.74, 6) is 9.41. The Balaban J connectivity index is 2.09. The Kier molecular flexibility index (Phi) is 6.86. The zero-order valence-corrected chi connectivity index (χ0v) is 15.9. The lowest BCUT2D eigenvalue weighted by molar-refractivity contribution is -0.127. The molecule has 7 nitrogen and oxygen atoms in total. The third-order valence-electron chi connectivity index (χ3n) is 4.27. The molecular weight excluding hydrogens is 370 g/mol. The minimum atomic E-state index is -1.81. The number of nitrogens with zero attached hydrogens (tertiary/aromatic N) is 1. The SMILES string of the molecule is C[C@@H](O)[C@](C)(NC(=O)c1ccc(C#CC#Cc2ccc(N)cc2)cc1)C(=O)N=O. The van der Waals surface area contributed by atoms with E-state index in [1.54, 1.807) is 36.4 Å². The minimum absolute atomic E-state index is 0.231. The van der Waals surface area contributed by atoms with E-state index >= 15 is 0 Å². The van der Waals surface area contributed by atoms with E-state index in [0.717, 1.165) is 5.56 Å². The van der Waals surface area contributed by atoms with E-state index < -0.39 is 23.5 Å². The highest BCUT2D eigenvalue weighted by molar-refractivity contribution is 5.99. The highest BCUT2D eigenvalue weighted by Crippen LogP contribution is 2.14. The van der Waals surface area contributed by atoms with Gasteiger partial charge in [-0.15, -0.1) is 4.91 Å². The lowest BCUT2D eigenvalue weighted by Crippen LogP contribution is -2.58. The van der Waals surface area contributed by atoms with Crippen LogP contribution in [-0.4, -0.2) is 28.6 Å². The Morgan fingerprint density at radius 2 is 1.52 bits per heavy atom. The summed E-state index contributed by atoms with van der Waals surface area (Å²) in [6.45, 7) is 2.52. The Morgan fingerprint density at radius 1 is 1.03 bits per heavy atom. The van der Waals surface area contributed by atoms with Gasteiger partial charge in [-0.1, -0.05) is 11.8 Å². The van der Waals surface area contributed by atoms with Crippen LogP contribution in [0.1, 0.15) is 35.3 Å². The van der Waals surface area contributed by atoms with E-state index in [-0.39, 0.29) is 5.56 Å². The second-order valence-corrected chi connectivity index (χ2v) is 6.43. The van der Waals surface area contributed by atoms with Gasteiger partial charge in [0.15, 0.2) is 0 Å². The molecule has 0 heterocycles. The number of nitrogens with one attached hydrogen (secondary N) is 1. The molecule has 0 aliphatic heterocycles. The van der Waals surface area contributed by atoms with E-state index in [1.807, 2.05) is 0 Å². The number of aliphatic hydroxyl groups excluding tert-OH is 1. The maximum atomic E-state index is 12.4. The molecule has 0 aliphatic rings. The van der Waals surface area contributed by atoms with Gasteiger partial charge in [-0.3, -0.25) is 9.59 Å². The molecule has 0 unspecified atom stereocenters. The molecule has 146 valence electrons. The van der Waals surface area contributed by atoms with Crippen molar-refractivity contribution in [2.24, 2.45) is 5.18 Å². The third-order valence-corrected chi connectivity index (χ3v) is 4.27. The number of anilines is 1. The lowest BCUT2D eigenvalue weighted by atomic mass is 9.94. The Bertz CT molecular complexity index is 1040. The van der Waals surface area contributed by atoms with Gasteiger partial charge >= 0.3 is 5.91 Å². The van der Waals surface area contributed by atoms with Crippen LogP contribution in [0, 0.1) is 28.6 Å². The van der Waals surface area contributed by atoms with Gasteiger partial charge in [-0.25, -0.2) is 0 Å². The van der Waals surface area contributed by atoms with Crippen molar-refractivity contribution >= 4 is 17.5 Å². The van der Waals surface area contributed by atoms with Crippen molar-refractivity contribution in [2.75, 3.05) is 5.73 Å². The predicted octanol–water partition coefficient (Wildman–Crippen LogP) is 1.83. The van der Waals surface area contributed by atoms with Gasteiger partial charge in [0.1, 0.15) is 5.54 Å². The first-order valence-corrected chi connectivity index (χ1v) is 8.62. The van der Waals surface area contributed by atoms with Crippen molar-refractivity contribution in [1.82, 2.24) is 5.32 Å². The second kappa shape index (κ2) is 9.32. The summed E-state index contributed by atoms with van der Waals surface area (Å²) in [6, 6.07) is 13.3. The fourth-order valence-corrected chi connectivity index (χ4v) is 2.22. The number of nitroso groups, excluding NO2 is 1. The van der Waals surface area contributed by atoms with Gasteiger partial charge in [0, 0.05) is 27.6 Å². The second-order valence-electron chi connectivity index (χ2n) is 6.43. The first-order chi connectivity index (χ1) is 13.8. The van der Waals surface area contributed by atoms with Crippen LogP contribution in [0.25, 0.3) is 0 Å². The number of rotatable bonds is 4. The Morgan fingerprint density at radius 3 is 1.97 bits per heavy atom. The van der Waals surface area contributed by atoms with Crippen LogP contribution in [0.4, 0.5) is 5.69 Å². The van der Waals surface area contributed by atoms with Gasteiger partial charge in [-0.05, 0) is 74.2 Å². The van der Waals surface area contributed by atoms with Crippen LogP contribution < -0.4 is 11.1 Å². The molecule has 0 spiro atoms. The van der Waals surface area contributed by atoms with E-state index in [0.29, 0.717) is 11.3 Å². The van der Waals surface area contributed by atoms with E-state index in [4.69, 9.17) is 5.73 Å². The summed E-state index contributed by atoms with van der Waals surface area (Å²) in [5, 5.41) is 14.4. The number of nitrogens with two attached hydrogens (primary N) is 1. The molecule has 2 rings (SSSR count). The van der Waals surface area contributed by atoms with E-state index in [9.17, 15) is 19.6 Å². The maximum Gasteiger partial charge on any atom is 0.313 e. The fraction of sp³-hybridized carbons (Fsp3) is 0.182. The molecular formula is C22H19N3O4. The molecule has 0 bridgehead atoms. The summed E-state index contributed by atoms with van der Waals surface area (Å²) in [4.78, 5) is 34.6. The first-order valence-electron chi connectivity index (χ1n) is 8.62. The third kappa shape index (κ3) is 5.52. The number of hydrogen-bond acceptors (Lipinski definition) is 5. The van der Waals surface area contributed by atoms with Crippen molar-refractivity contribution in [3.8, 4) is 23.7 Å². The standard InChI is InChI=1S/C22H19N3O4/c1-15(26)22(2,21(28)25-29)24-20(27)18-11-7-16(8-12-18)5-3-4-6-17-9-13-19(23)14-10-17/h7-15,26H,23H2,1-2H3,(H,24,27)/t15-,22+/m1/s1. The van der Waals surface area contributed by atoms with E-state index in [2.05, 4.69) is 34.2 Å². The number of amides is 2. The van der Waals surface area contributed by atoms with Crippen LogP contribution in [0.2, 0.25) is 0 Å². The Labute approximate surface area is 168 Å². The quantitative estimate of drug-likeness (QED) is 0.418. The normalized spacial score (nSPS) is 12.8. The largest absolute Gasteiger partial charge is 0.399 e. The fourth-order valence-electron chi connectivity index (χ4n) is 2.22. The molecule has 0 aliphatic carbocycles. The number of benzene rings is 2. The number of aliphatic hydroxyl groups is 1. The number of hydrogen-bond donors (Lipinski definition) is 3. The molecule has 0 saturated carbocycles. The molecule has 2 aromatic rings. The summed E-state index contributed by atoms with van der Waals surface area (Å²) in [5.41, 5.74) is 6.12. The summed E-state index contributed by atoms with van der Waals surface area (Å²) < 4.78 is 0. The Hall–Kier alpha value is -3.94. The van der Waals surface area contributed by atoms with Crippen molar-refractivity contribution < 1.29 is 14.7 Å². The smallest absolute Gasteiger partial charge is 0.313 e. The lowest BCUT2D eigenvalue weighted by Gasteiger charge is -2.29. The average Bonchev–Trinajstić information content (AvgIpc) is 2.72. The molecule has 2 aromatic carbocycles. The van der Waals surface area contributed by atoms with Gasteiger partial charge in [0.25, 0.3) is 5.91 Å². The average molecular weight is 389 g/mol. The summed E-state index contributed by atoms with van der Waals surface area (Å²) in [7, 11) is 0. The molecule has 2 atom stereocenters. The zero-order valence-electron chi connectivity index (χ0n) is 15.9. The van der Waals surface area contributed by atoms with Crippen molar-refractivity contribution in [1.29, 1.82) is 0 Å². The van der Waals surface area contributed by atoms with Gasteiger partial charge in [0.05, 0.1) is 6.10 Å². The molecule has 4 N–H and O–H groups in total. The number of nitrogen functional groups attached to an aromatic ring is 1. The molecule has 29 heavy (non-hydrogen) atoms. The van der Waals surface area contributed by atoms with E-state index in [1.165, 1.54) is 26.0 Å².